The molecule has 0 saturated carbocycles. The molecule has 0 spiro atoms. The molecule has 1 atom stereocenters. The van der Waals surface area contributed by atoms with Gasteiger partial charge in [0.1, 0.15) is 5.65 Å². The molecular weight excluding hydrogens is 224 g/mol. The number of pyridine rings is 1. The molecule has 1 saturated heterocycles. The van der Waals surface area contributed by atoms with Crippen LogP contribution in [0.25, 0.3) is 5.65 Å². The molecule has 1 unspecified atom stereocenters. The molecule has 1 aliphatic rings. The van der Waals surface area contributed by atoms with E-state index in [-0.39, 0.29) is 0 Å². The van der Waals surface area contributed by atoms with Crippen molar-refractivity contribution in [1.82, 2.24) is 19.6 Å². The number of nitrogens with one attached hydrogen (secondary N) is 1. The van der Waals surface area contributed by atoms with Gasteiger partial charge in [-0.15, -0.1) is 0 Å². The van der Waals surface area contributed by atoms with E-state index in [1.165, 1.54) is 12.1 Å². The van der Waals surface area contributed by atoms with Gasteiger partial charge in [0.15, 0.2) is 0 Å². The first-order valence-corrected chi connectivity index (χ1v) is 6.74. The molecule has 0 aromatic carbocycles. The Morgan fingerprint density at radius 1 is 1.44 bits per heavy atom. The second-order valence-corrected chi connectivity index (χ2v) is 4.94. The number of nitrogens with zero attached hydrogens (tertiary/aromatic N) is 3. The summed E-state index contributed by atoms with van der Waals surface area (Å²) in [5.74, 6) is 0. The number of imidazole rings is 1. The Balaban J connectivity index is 1.78. The van der Waals surface area contributed by atoms with E-state index in [0.717, 1.165) is 31.8 Å². The van der Waals surface area contributed by atoms with Crippen LogP contribution in [0.3, 0.4) is 0 Å². The van der Waals surface area contributed by atoms with Crippen LogP contribution in [0.5, 0.6) is 0 Å². The minimum absolute atomic E-state index is 0.642. The van der Waals surface area contributed by atoms with Gasteiger partial charge in [0.05, 0.1) is 5.69 Å². The van der Waals surface area contributed by atoms with Crippen molar-refractivity contribution in [1.29, 1.82) is 0 Å². The summed E-state index contributed by atoms with van der Waals surface area (Å²) in [5, 5.41) is 3.46. The van der Waals surface area contributed by atoms with Gasteiger partial charge in [-0.05, 0) is 18.6 Å². The molecule has 96 valence electrons. The van der Waals surface area contributed by atoms with Crippen LogP contribution < -0.4 is 5.32 Å². The molecule has 0 radical (unpaired) electrons. The lowest BCUT2D eigenvalue weighted by Gasteiger charge is -2.35. The standard InChI is InChI=1S/C14H20N4/c1-2-13-9-15-6-8-17(13)10-12-11-18-7-4-3-5-14(18)16-12/h3-5,7,11,13,15H,2,6,8-10H2,1H3. The monoisotopic (exact) mass is 244 g/mol. The Morgan fingerprint density at radius 2 is 2.39 bits per heavy atom. The molecule has 2 aromatic heterocycles. The van der Waals surface area contributed by atoms with E-state index >= 15 is 0 Å². The van der Waals surface area contributed by atoms with Crippen LogP contribution in [0.2, 0.25) is 0 Å². The van der Waals surface area contributed by atoms with Crippen molar-refractivity contribution in [3.05, 3.63) is 36.3 Å². The number of hydrogen-bond donors (Lipinski definition) is 1. The Kier molecular flexibility index (Phi) is 3.30. The van der Waals surface area contributed by atoms with Crippen molar-refractivity contribution in [3.8, 4) is 0 Å². The van der Waals surface area contributed by atoms with Crippen LogP contribution in [0.1, 0.15) is 19.0 Å². The van der Waals surface area contributed by atoms with Crippen LogP contribution in [0.15, 0.2) is 30.6 Å². The van der Waals surface area contributed by atoms with Crippen LogP contribution in [-0.2, 0) is 6.54 Å². The van der Waals surface area contributed by atoms with Crippen LogP contribution in [0.4, 0.5) is 0 Å². The third-order valence-corrected chi connectivity index (χ3v) is 3.72. The second-order valence-electron chi connectivity index (χ2n) is 4.94. The number of piperazine rings is 1. The lowest BCUT2D eigenvalue weighted by molar-refractivity contribution is 0.147. The highest BCUT2D eigenvalue weighted by molar-refractivity contribution is 5.39. The van der Waals surface area contributed by atoms with Crippen molar-refractivity contribution in [2.75, 3.05) is 19.6 Å². The Bertz CT molecular complexity index is 486. The van der Waals surface area contributed by atoms with Crippen LogP contribution in [0, 0.1) is 0 Å². The Hall–Kier alpha value is -1.39. The van der Waals surface area contributed by atoms with E-state index in [4.69, 9.17) is 0 Å². The highest BCUT2D eigenvalue weighted by Crippen LogP contribution is 2.13. The molecule has 4 heteroatoms. The normalized spacial score (nSPS) is 21.5. The minimum atomic E-state index is 0.642. The molecule has 1 aliphatic heterocycles. The van der Waals surface area contributed by atoms with Crippen LogP contribution in [-0.4, -0.2) is 40.0 Å². The predicted molar refractivity (Wildman–Crippen MR) is 72.6 cm³/mol. The van der Waals surface area contributed by atoms with Gasteiger partial charge in [-0.3, -0.25) is 4.90 Å². The van der Waals surface area contributed by atoms with Gasteiger partial charge in [0.2, 0.25) is 0 Å². The zero-order chi connectivity index (χ0) is 12.4. The molecule has 3 rings (SSSR count). The van der Waals surface area contributed by atoms with Gasteiger partial charge in [-0.2, -0.15) is 0 Å². The maximum atomic E-state index is 4.68. The van der Waals surface area contributed by atoms with E-state index in [2.05, 4.69) is 45.0 Å². The molecule has 0 bridgehead atoms. The number of fused-ring (bicyclic) bond motifs is 1. The molecule has 0 amide bonds. The Labute approximate surface area is 108 Å². The lowest BCUT2D eigenvalue weighted by Crippen LogP contribution is -2.50. The van der Waals surface area contributed by atoms with Gasteiger partial charge >= 0.3 is 0 Å². The first-order chi connectivity index (χ1) is 8.86. The first-order valence-electron chi connectivity index (χ1n) is 6.74. The minimum Gasteiger partial charge on any atom is -0.314 e. The molecule has 18 heavy (non-hydrogen) atoms. The van der Waals surface area contributed by atoms with E-state index in [1.807, 2.05) is 12.1 Å². The van der Waals surface area contributed by atoms with Crippen molar-refractivity contribution in [2.24, 2.45) is 0 Å². The molecule has 2 aromatic rings. The number of hydrogen-bond acceptors (Lipinski definition) is 3. The van der Waals surface area contributed by atoms with Gasteiger partial charge in [-0.1, -0.05) is 13.0 Å². The van der Waals surface area contributed by atoms with Crippen molar-refractivity contribution in [2.45, 2.75) is 25.9 Å². The summed E-state index contributed by atoms with van der Waals surface area (Å²) in [4.78, 5) is 7.22. The fourth-order valence-corrected chi connectivity index (χ4v) is 2.69. The molecule has 0 aliphatic carbocycles. The summed E-state index contributed by atoms with van der Waals surface area (Å²) < 4.78 is 2.10. The summed E-state index contributed by atoms with van der Waals surface area (Å²) in [6.45, 7) is 6.52. The number of aromatic nitrogens is 2. The number of rotatable bonds is 3. The molecule has 4 nitrogen and oxygen atoms in total. The van der Waals surface area contributed by atoms with E-state index in [9.17, 15) is 0 Å². The summed E-state index contributed by atoms with van der Waals surface area (Å²) >= 11 is 0. The van der Waals surface area contributed by atoms with Crippen LogP contribution >= 0.6 is 0 Å². The molecular formula is C14H20N4. The van der Waals surface area contributed by atoms with Crippen molar-refractivity contribution in [3.63, 3.8) is 0 Å². The zero-order valence-corrected chi connectivity index (χ0v) is 10.8. The fourth-order valence-electron chi connectivity index (χ4n) is 2.69. The largest absolute Gasteiger partial charge is 0.314 e. The van der Waals surface area contributed by atoms with Gasteiger partial charge in [0.25, 0.3) is 0 Å². The fraction of sp³-hybridized carbons (Fsp3) is 0.500. The Morgan fingerprint density at radius 3 is 3.22 bits per heavy atom. The third-order valence-electron chi connectivity index (χ3n) is 3.72. The second kappa shape index (κ2) is 5.08. The predicted octanol–water partition coefficient (Wildman–Crippen LogP) is 1.52. The first kappa shape index (κ1) is 11.7. The average molecular weight is 244 g/mol. The maximum Gasteiger partial charge on any atom is 0.137 e. The summed E-state index contributed by atoms with van der Waals surface area (Å²) in [6.07, 6.45) is 5.39. The highest BCUT2D eigenvalue weighted by atomic mass is 15.2. The van der Waals surface area contributed by atoms with Gasteiger partial charge < -0.3 is 9.72 Å². The van der Waals surface area contributed by atoms with Crippen molar-refractivity contribution < 1.29 is 0 Å². The van der Waals surface area contributed by atoms with Crippen molar-refractivity contribution >= 4 is 5.65 Å². The average Bonchev–Trinajstić information content (AvgIpc) is 2.81. The third kappa shape index (κ3) is 2.26. The highest BCUT2D eigenvalue weighted by Gasteiger charge is 2.21. The topological polar surface area (TPSA) is 32.6 Å². The summed E-state index contributed by atoms with van der Waals surface area (Å²) in [6, 6.07) is 6.77. The molecule has 1 N–H and O–H groups in total. The van der Waals surface area contributed by atoms with E-state index < -0.39 is 0 Å². The smallest absolute Gasteiger partial charge is 0.137 e. The van der Waals surface area contributed by atoms with Gasteiger partial charge in [0, 0.05) is 44.6 Å². The zero-order valence-electron chi connectivity index (χ0n) is 10.8. The summed E-state index contributed by atoms with van der Waals surface area (Å²) in [5.41, 5.74) is 2.21. The van der Waals surface area contributed by atoms with E-state index in [1.54, 1.807) is 0 Å². The quantitative estimate of drug-likeness (QED) is 0.888. The van der Waals surface area contributed by atoms with Gasteiger partial charge in [-0.25, -0.2) is 4.98 Å². The summed E-state index contributed by atoms with van der Waals surface area (Å²) in [7, 11) is 0. The lowest BCUT2D eigenvalue weighted by atomic mass is 10.1. The van der Waals surface area contributed by atoms with E-state index in [0.29, 0.717) is 6.04 Å². The SMILES string of the molecule is CCC1CNCCN1Cc1cn2ccccc2n1. The maximum absolute atomic E-state index is 4.68. The molecule has 1 fully saturated rings. The molecule has 3 heterocycles.